The van der Waals surface area contributed by atoms with Crippen LogP contribution in [0.4, 0.5) is 5.82 Å². The number of hydrogen-bond acceptors (Lipinski definition) is 5. The average molecular weight is 314 g/mol. The third-order valence-corrected chi connectivity index (χ3v) is 5.09. The fourth-order valence-electron chi connectivity index (χ4n) is 3.41. The number of fused-ring (bicyclic) bond motifs is 1. The van der Waals surface area contributed by atoms with Crippen molar-refractivity contribution in [2.45, 2.75) is 44.7 Å². The summed E-state index contributed by atoms with van der Waals surface area (Å²) < 4.78 is 2.18. The summed E-state index contributed by atoms with van der Waals surface area (Å²) in [6.45, 7) is 3.42. The summed E-state index contributed by atoms with van der Waals surface area (Å²) in [6, 6.07) is 0.891. The van der Waals surface area contributed by atoms with Crippen molar-refractivity contribution in [1.82, 2.24) is 24.4 Å². The van der Waals surface area contributed by atoms with Crippen molar-refractivity contribution >= 4 is 22.9 Å². The van der Waals surface area contributed by atoms with Gasteiger partial charge in [0.25, 0.3) is 0 Å². The molecule has 122 valence electrons. The first-order valence-electron chi connectivity index (χ1n) is 8.31. The standard InChI is InChI=1S/C16H22N6O/c1-11(23)20(2)12-5-7-21(8-6-12)15-14-16(18-9-17-15)22(10-19-14)13-3-4-13/h9-10,12-13H,3-8H2,1-2H3. The Morgan fingerprint density at radius 1 is 1.17 bits per heavy atom. The van der Waals surface area contributed by atoms with E-state index < -0.39 is 0 Å². The van der Waals surface area contributed by atoms with Gasteiger partial charge in [0.1, 0.15) is 6.33 Å². The molecule has 4 rings (SSSR count). The molecule has 0 radical (unpaired) electrons. The van der Waals surface area contributed by atoms with Crippen molar-refractivity contribution < 1.29 is 4.79 Å². The largest absolute Gasteiger partial charge is 0.355 e. The first-order valence-corrected chi connectivity index (χ1v) is 8.31. The lowest BCUT2D eigenvalue weighted by Crippen LogP contribution is -2.45. The fourth-order valence-corrected chi connectivity index (χ4v) is 3.41. The zero-order valence-electron chi connectivity index (χ0n) is 13.6. The SMILES string of the molecule is CC(=O)N(C)C1CCN(c2ncnc3c2ncn3C2CC2)CC1. The summed E-state index contributed by atoms with van der Waals surface area (Å²) in [6.07, 6.45) is 7.90. The van der Waals surface area contributed by atoms with Crippen molar-refractivity contribution in [3.63, 3.8) is 0 Å². The zero-order chi connectivity index (χ0) is 16.0. The smallest absolute Gasteiger partial charge is 0.219 e. The highest BCUT2D eigenvalue weighted by molar-refractivity contribution is 5.83. The van der Waals surface area contributed by atoms with Gasteiger partial charge in [0.05, 0.1) is 6.33 Å². The van der Waals surface area contributed by atoms with Gasteiger partial charge in [-0.1, -0.05) is 0 Å². The molecule has 2 fully saturated rings. The molecule has 7 nitrogen and oxygen atoms in total. The van der Waals surface area contributed by atoms with E-state index in [0.29, 0.717) is 12.1 Å². The van der Waals surface area contributed by atoms with E-state index in [-0.39, 0.29) is 5.91 Å². The van der Waals surface area contributed by atoms with Crippen molar-refractivity contribution in [2.24, 2.45) is 0 Å². The van der Waals surface area contributed by atoms with Crippen LogP contribution in [0.3, 0.4) is 0 Å². The van der Waals surface area contributed by atoms with Crippen LogP contribution in [-0.2, 0) is 4.79 Å². The maximum atomic E-state index is 11.5. The topological polar surface area (TPSA) is 67.2 Å². The van der Waals surface area contributed by atoms with E-state index in [1.54, 1.807) is 13.3 Å². The van der Waals surface area contributed by atoms with Gasteiger partial charge in [-0.15, -0.1) is 0 Å². The molecule has 2 aromatic rings. The lowest BCUT2D eigenvalue weighted by atomic mass is 10.0. The Balaban J connectivity index is 1.55. The molecule has 1 saturated carbocycles. The van der Waals surface area contributed by atoms with Crippen LogP contribution in [0, 0.1) is 0 Å². The van der Waals surface area contributed by atoms with E-state index in [4.69, 9.17) is 0 Å². The molecule has 0 unspecified atom stereocenters. The monoisotopic (exact) mass is 314 g/mol. The summed E-state index contributed by atoms with van der Waals surface area (Å²) >= 11 is 0. The number of piperidine rings is 1. The quantitative estimate of drug-likeness (QED) is 0.861. The number of nitrogens with zero attached hydrogens (tertiary/aromatic N) is 6. The molecule has 3 heterocycles. The van der Waals surface area contributed by atoms with Crippen LogP contribution in [-0.4, -0.2) is 56.5 Å². The molecule has 1 saturated heterocycles. The Labute approximate surface area is 135 Å². The molecule has 1 amide bonds. The first-order chi connectivity index (χ1) is 11.1. The van der Waals surface area contributed by atoms with Crippen LogP contribution in [0.2, 0.25) is 0 Å². The van der Waals surface area contributed by atoms with E-state index in [1.165, 1.54) is 12.8 Å². The van der Waals surface area contributed by atoms with Gasteiger partial charge in [-0.2, -0.15) is 0 Å². The molecule has 0 N–H and O–H groups in total. The number of carbonyl (C=O) groups is 1. The van der Waals surface area contributed by atoms with Crippen LogP contribution >= 0.6 is 0 Å². The summed E-state index contributed by atoms with van der Waals surface area (Å²) in [7, 11) is 1.89. The van der Waals surface area contributed by atoms with Crippen LogP contribution in [0.5, 0.6) is 0 Å². The van der Waals surface area contributed by atoms with E-state index in [0.717, 1.165) is 42.9 Å². The number of aromatic nitrogens is 4. The van der Waals surface area contributed by atoms with E-state index in [2.05, 4.69) is 24.4 Å². The maximum Gasteiger partial charge on any atom is 0.219 e. The minimum Gasteiger partial charge on any atom is -0.355 e. The minimum absolute atomic E-state index is 0.135. The number of rotatable bonds is 3. The Morgan fingerprint density at radius 3 is 2.57 bits per heavy atom. The predicted octanol–water partition coefficient (Wildman–Crippen LogP) is 1.61. The molecule has 0 aromatic carbocycles. The molecule has 2 aromatic heterocycles. The lowest BCUT2D eigenvalue weighted by Gasteiger charge is -2.36. The van der Waals surface area contributed by atoms with Gasteiger partial charge >= 0.3 is 0 Å². The highest BCUT2D eigenvalue weighted by atomic mass is 16.2. The number of hydrogen-bond donors (Lipinski definition) is 0. The fraction of sp³-hybridized carbons (Fsp3) is 0.625. The number of imidazole rings is 1. The first kappa shape index (κ1) is 14.4. The van der Waals surface area contributed by atoms with Crippen LogP contribution in [0.15, 0.2) is 12.7 Å². The zero-order valence-corrected chi connectivity index (χ0v) is 13.6. The van der Waals surface area contributed by atoms with Gasteiger partial charge < -0.3 is 14.4 Å². The lowest BCUT2D eigenvalue weighted by molar-refractivity contribution is -0.129. The third-order valence-electron chi connectivity index (χ3n) is 5.09. The van der Waals surface area contributed by atoms with Crippen LogP contribution < -0.4 is 4.90 Å². The Bertz CT molecular complexity index is 729. The summed E-state index contributed by atoms with van der Waals surface area (Å²) in [5.41, 5.74) is 1.85. The third kappa shape index (κ3) is 2.54. The number of anilines is 1. The summed E-state index contributed by atoms with van der Waals surface area (Å²) in [5.74, 6) is 1.06. The van der Waals surface area contributed by atoms with Gasteiger partial charge in [0, 0.05) is 39.1 Å². The van der Waals surface area contributed by atoms with Gasteiger partial charge in [-0.25, -0.2) is 15.0 Å². The molecule has 0 spiro atoms. The highest BCUT2D eigenvalue weighted by Gasteiger charge is 2.29. The molecular formula is C16H22N6O. The predicted molar refractivity (Wildman–Crippen MR) is 87.3 cm³/mol. The molecule has 7 heteroatoms. The second-order valence-electron chi connectivity index (χ2n) is 6.60. The molecule has 2 aliphatic rings. The second kappa shape index (κ2) is 5.47. The van der Waals surface area contributed by atoms with Gasteiger partial charge in [0.2, 0.25) is 5.91 Å². The number of carbonyl (C=O) groups excluding carboxylic acids is 1. The van der Waals surface area contributed by atoms with Crippen molar-refractivity contribution in [3.05, 3.63) is 12.7 Å². The van der Waals surface area contributed by atoms with Gasteiger partial charge in [0.15, 0.2) is 17.0 Å². The van der Waals surface area contributed by atoms with Crippen molar-refractivity contribution in [1.29, 1.82) is 0 Å². The molecule has 0 atom stereocenters. The average Bonchev–Trinajstić information content (AvgIpc) is 3.32. The molecular weight excluding hydrogens is 292 g/mol. The summed E-state index contributed by atoms with van der Waals surface area (Å²) in [5, 5.41) is 0. The van der Waals surface area contributed by atoms with E-state index in [1.807, 2.05) is 18.3 Å². The Morgan fingerprint density at radius 2 is 1.91 bits per heavy atom. The van der Waals surface area contributed by atoms with Crippen molar-refractivity contribution in [3.8, 4) is 0 Å². The Kier molecular flexibility index (Phi) is 3.43. The van der Waals surface area contributed by atoms with Crippen LogP contribution in [0.25, 0.3) is 11.2 Å². The van der Waals surface area contributed by atoms with Crippen molar-refractivity contribution in [2.75, 3.05) is 25.0 Å². The van der Waals surface area contributed by atoms with Gasteiger partial charge in [-0.05, 0) is 25.7 Å². The second-order valence-corrected chi connectivity index (χ2v) is 6.60. The maximum absolute atomic E-state index is 11.5. The van der Waals surface area contributed by atoms with Gasteiger partial charge in [-0.3, -0.25) is 4.79 Å². The number of amides is 1. The molecule has 1 aliphatic heterocycles. The molecule has 0 bridgehead atoms. The van der Waals surface area contributed by atoms with E-state index >= 15 is 0 Å². The summed E-state index contributed by atoms with van der Waals surface area (Å²) in [4.78, 5) is 29.1. The molecule has 23 heavy (non-hydrogen) atoms. The minimum atomic E-state index is 0.135. The Hall–Kier alpha value is -2.18. The highest BCUT2D eigenvalue weighted by Crippen LogP contribution is 2.37. The van der Waals surface area contributed by atoms with Crippen LogP contribution in [0.1, 0.15) is 38.6 Å². The van der Waals surface area contributed by atoms with E-state index in [9.17, 15) is 4.79 Å². The molecule has 1 aliphatic carbocycles. The normalized spacial score (nSPS) is 19.3.